The van der Waals surface area contributed by atoms with Crippen LogP contribution in [0.4, 0.5) is 5.95 Å². The Balaban J connectivity index is 1.45. The van der Waals surface area contributed by atoms with E-state index in [0.717, 1.165) is 37.1 Å². The van der Waals surface area contributed by atoms with Crippen molar-refractivity contribution in [2.45, 2.75) is 64.1 Å². The fraction of sp³-hybridized carbons (Fsp3) is 0.545. The number of hydrogen-bond acceptors (Lipinski definition) is 10. The van der Waals surface area contributed by atoms with Crippen LogP contribution in [0.3, 0.4) is 0 Å². The van der Waals surface area contributed by atoms with Crippen LogP contribution in [0.15, 0.2) is 24.2 Å². The molecule has 0 amide bonds. The molecule has 2 aromatic heterocycles. The molecular weight excluding hydrogens is 408 g/mol. The third-order valence-electron chi connectivity index (χ3n) is 5.66. The van der Waals surface area contributed by atoms with Gasteiger partial charge in [0.05, 0.1) is 35.4 Å². The quantitative estimate of drug-likeness (QED) is 0.393. The van der Waals surface area contributed by atoms with Crippen LogP contribution < -0.4 is 26.4 Å². The molecule has 0 unspecified atom stereocenters. The Morgan fingerprint density at radius 3 is 2.50 bits per heavy atom. The lowest BCUT2D eigenvalue weighted by Crippen LogP contribution is -2.32. The molecule has 10 heteroatoms. The van der Waals surface area contributed by atoms with E-state index in [2.05, 4.69) is 25.3 Å². The van der Waals surface area contributed by atoms with Gasteiger partial charge in [-0.15, -0.1) is 0 Å². The van der Waals surface area contributed by atoms with Crippen molar-refractivity contribution in [3.63, 3.8) is 0 Å². The number of hydrazine groups is 1. The molecule has 2 heterocycles. The molecule has 0 aromatic carbocycles. The van der Waals surface area contributed by atoms with E-state index >= 15 is 0 Å². The molecular formula is C22H32N8O2. The number of aryl methyl sites for hydroxylation is 1. The van der Waals surface area contributed by atoms with Crippen LogP contribution in [0.25, 0.3) is 5.70 Å². The van der Waals surface area contributed by atoms with Crippen molar-refractivity contribution < 1.29 is 9.47 Å². The lowest BCUT2D eigenvalue weighted by atomic mass is 9.98. The molecule has 32 heavy (non-hydrogen) atoms. The molecule has 0 aliphatic heterocycles. The number of nitrogens with zero attached hydrogens (tertiary/aromatic N) is 5. The number of aromatic nitrogens is 4. The molecule has 2 aliphatic carbocycles. The first kappa shape index (κ1) is 22.1. The summed E-state index contributed by atoms with van der Waals surface area (Å²) in [5, 5.41) is 4.60. The zero-order valence-electron chi connectivity index (χ0n) is 18.8. The van der Waals surface area contributed by atoms with E-state index in [-0.39, 0.29) is 12.2 Å². The maximum absolute atomic E-state index is 6.45. The van der Waals surface area contributed by atoms with Gasteiger partial charge in [0.1, 0.15) is 18.2 Å². The van der Waals surface area contributed by atoms with E-state index in [9.17, 15) is 0 Å². The molecule has 0 spiro atoms. The van der Waals surface area contributed by atoms with E-state index in [1.165, 1.54) is 30.6 Å². The molecule has 172 valence electrons. The van der Waals surface area contributed by atoms with Gasteiger partial charge in [-0.05, 0) is 57.6 Å². The predicted octanol–water partition coefficient (Wildman–Crippen LogP) is 2.37. The largest absolute Gasteiger partial charge is 0.489 e. The van der Waals surface area contributed by atoms with E-state index in [1.807, 2.05) is 19.1 Å². The fourth-order valence-electron chi connectivity index (χ4n) is 3.66. The summed E-state index contributed by atoms with van der Waals surface area (Å²) in [7, 11) is 1.73. The second-order valence-corrected chi connectivity index (χ2v) is 8.39. The van der Waals surface area contributed by atoms with Gasteiger partial charge in [-0.1, -0.05) is 6.42 Å². The Morgan fingerprint density at radius 1 is 1.06 bits per heavy atom. The average Bonchev–Trinajstić information content (AvgIpc) is 3.60. The molecule has 2 aromatic rings. The molecule has 5 N–H and O–H groups in total. The Bertz CT molecular complexity index is 955. The van der Waals surface area contributed by atoms with Crippen molar-refractivity contribution in [1.82, 2.24) is 24.9 Å². The first-order valence-corrected chi connectivity index (χ1v) is 11.2. The Hall–Kier alpha value is -3.14. The number of rotatable bonds is 9. The molecule has 4 rings (SSSR count). The van der Waals surface area contributed by atoms with E-state index in [4.69, 9.17) is 21.1 Å². The van der Waals surface area contributed by atoms with Crippen molar-refractivity contribution >= 4 is 11.6 Å². The standard InChI is InChI=1S/C22H32N8O2/c1-14-19(31-15-6-4-3-5-7-15)11-10-17(28-14)20(23)18(30(2)24)12-25-21-26-13-27-22(29-21)32-16-8-9-16/h10-11,13,15-16H,3-9,12,23-24H2,1-2H3,(H,25,26,27,29)/b20-18-. The van der Waals surface area contributed by atoms with Crippen molar-refractivity contribution in [2.75, 3.05) is 18.9 Å². The van der Waals surface area contributed by atoms with Crippen molar-refractivity contribution in [3.05, 3.63) is 35.5 Å². The van der Waals surface area contributed by atoms with Gasteiger partial charge in [-0.2, -0.15) is 9.97 Å². The molecule has 0 saturated heterocycles. The SMILES string of the molecule is Cc1nc(/C(N)=C(\CNc2ncnc(OC3CC3)n2)N(C)N)ccc1OC1CCCCC1. The number of likely N-dealkylation sites (N-methyl/N-ethyl adjacent to an activating group) is 1. The Morgan fingerprint density at radius 2 is 1.81 bits per heavy atom. The Labute approximate surface area is 188 Å². The summed E-state index contributed by atoms with van der Waals surface area (Å²) in [6.07, 6.45) is 9.90. The summed E-state index contributed by atoms with van der Waals surface area (Å²) in [4.78, 5) is 17.1. The smallest absolute Gasteiger partial charge is 0.321 e. The van der Waals surface area contributed by atoms with Gasteiger partial charge in [0, 0.05) is 7.05 Å². The average molecular weight is 441 g/mol. The highest BCUT2D eigenvalue weighted by Gasteiger charge is 2.25. The maximum atomic E-state index is 6.45. The molecule has 10 nitrogen and oxygen atoms in total. The molecule has 0 atom stereocenters. The van der Waals surface area contributed by atoms with Crippen LogP contribution >= 0.6 is 0 Å². The number of nitrogens with two attached hydrogens (primary N) is 2. The summed E-state index contributed by atoms with van der Waals surface area (Å²) in [5.74, 6) is 7.26. The highest BCUT2D eigenvalue weighted by atomic mass is 16.5. The molecule has 0 bridgehead atoms. The molecule has 2 fully saturated rings. The lowest BCUT2D eigenvalue weighted by Gasteiger charge is -2.24. The van der Waals surface area contributed by atoms with Crippen LogP contribution in [-0.4, -0.2) is 50.7 Å². The normalized spacial score (nSPS) is 17.5. The van der Waals surface area contributed by atoms with Gasteiger partial charge in [-0.3, -0.25) is 0 Å². The highest BCUT2D eigenvalue weighted by molar-refractivity contribution is 5.64. The van der Waals surface area contributed by atoms with Gasteiger partial charge in [0.2, 0.25) is 5.95 Å². The zero-order valence-corrected chi connectivity index (χ0v) is 18.8. The van der Waals surface area contributed by atoms with Gasteiger partial charge >= 0.3 is 6.01 Å². The number of hydrogen-bond donors (Lipinski definition) is 3. The van der Waals surface area contributed by atoms with Crippen LogP contribution in [0.5, 0.6) is 11.8 Å². The summed E-state index contributed by atoms with van der Waals surface area (Å²) >= 11 is 0. The van der Waals surface area contributed by atoms with Crippen molar-refractivity contribution in [3.8, 4) is 11.8 Å². The second-order valence-electron chi connectivity index (χ2n) is 8.39. The minimum absolute atomic E-state index is 0.214. The first-order chi connectivity index (χ1) is 15.5. The van der Waals surface area contributed by atoms with Crippen molar-refractivity contribution in [2.24, 2.45) is 11.6 Å². The Kier molecular flexibility index (Phi) is 6.89. The minimum atomic E-state index is 0.214. The third kappa shape index (κ3) is 5.76. The number of anilines is 1. The highest BCUT2D eigenvalue weighted by Crippen LogP contribution is 2.27. The maximum Gasteiger partial charge on any atom is 0.321 e. The van der Waals surface area contributed by atoms with Gasteiger partial charge in [0.15, 0.2) is 0 Å². The monoisotopic (exact) mass is 440 g/mol. The van der Waals surface area contributed by atoms with Crippen LogP contribution in [0, 0.1) is 6.92 Å². The molecule has 0 radical (unpaired) electrons. The van der Waals surface area contributed by atoms with E-state index < -0.39 is 0 Å². The topological polar surface area (TPSA) is 137 Å². The zero-order chi connectivity index (χ0) is 22.5. The number of nitrogens with one attached hydrogen (secondary N) is 1. The summed E-state index contributed by atoms with van der Waals surface area (Å²) in [6.45, 7) is 2.25. The predicted molar refractivity (Wildman–Crippen MR) is 121 cm³/mol. The summed E-state index contributed by atoms with van der Waals surface area (Å²) in [6, 6.07) is 4.12. The van der Waals surface area contributed by atoms with Crippen LogP contribution in [0.1, 0.15) is 56.3 Å². The molecule has 2 aliphatic rings. The van der Waals surface area contributed by atoms with Crippen molar-refractivity contribution in [1.29, 1.82) is 0 Å². The lowest BCUT2D eigenvalue weighted by molar-refractivity contribution is 0.153. The van der Waals surface area contributed by atoms with E-state index in [1.54, 1.807) is 7.05 Å². The van der Waals surface area contributed by atoms with Gasteiger partial charge in [0.25, 0.3) is 0 Å². The molecule has 2 saturated carbocycles. The number of ether oxygens (including phenoxy) is 2. The summed E-state index contributed by atoms with van der Waals surface area (Å²) < 4.78 is 11.8. The van der Waals surface area contributed by atoms with Gasteiger partial charge in [-0.25, -0.2) is 15.8 Å². The van der Waals surface area contributed by atoms with Crippen LogP contribution in [0.2, 0.25) is 0 Å². The second kappa shape index (κ2) is 9.99. The number of pyridine rings is 1. The summed E-state index contributed by atoms with van der Waals surface area (Å²) in [5.41, 5.74) is 9.02. The van der Waals surface area contributed by atoms with Crippen LogP contribution in [-0.2, 0) is 0 Å². The van der Waals surface area contributed by atoms with E-state index in [0.29, 0.717) is 35.6 Å². The van der Waals surface area contributed by atoms with Gasteiger partial charge < -0.3 is 25.5 Å². The third-order valence-corrected chi connectivity index (χ3v) is 5.66. The first-order valence-electron chi connectivity index (χ1n) is 11.2. The minimum Gasteiger partial charge on any atom is -0.489 e. The fourth-order valence-corrected chi connectivity index (χ4v) is 3.66.